The molecule has 0 amide bonds. The van der Waals surface area contributed by atoms with Gasteiger partial charge >= 0.3 is 0 Å². The van der Waals surface area contributed by atoms with E-state index < -0.39 is 0 Å². The molecular weight excluding hydrogens is 281 g/mol. The van der Waals surface area contributed by atoms with E-state index in [-0.39, 0.29) is 5.82 Å². The molecule has 4 heteroatoms. The number of methoxy groups -OCH3 is 1. The second-order valence-electron chi connectivity index (χ2n) is 4.52. The highest BCUT2D eigenvalue weighted by Crippen LogP contribution is 2.29. The van der Waals surface area contributed by atoms with Crippen molar-refractivity contribution in [2.45, 2.75) is 6.92 Å². The van der Waals surface area contributed by atoms with Gasteiger partial charge in [-0.05, 0) is 48.4 Å². The van der Waals surface area contributed by atoms with Gasteiger partial charge in [0.05, 0.1) is 25.4 Å². The van der Waals surface area contributed by atoms with Crippen molar-refractivity contribution in [3.8, 4) is 17.6 Å². The standard InChI is InChI=1S/C18H16FNO2/c1-3-22-17-8-7-13(10-18(17)21-2)9-15(12-20)14-5-4-6-16(19)11-14/h4-11H,3H2,1-2H3/b15-9-. The maximum Gasteiger partial charge on any atom is 0.161 e. The van der Waals surface area contributed by atoms with E-state index in [0.717, 1.165) is 5.56 Å². The fraction of sp³-hybridized carbons (Fsp3) is 0.167. The second-order valence-corrected chi connectivity index (χ2v) is 4.52. The van der Waals surface area contributed by atoms with E-state index in [1.54, 1.807) is 37.5 Å². The lowest BCUT2D eigenvalue weighted by Gasteiger charge is -2.10. The van der Waals surface area contributed by atoms with Gasteiger partial charge in [-0.3, -0.25) is 0 Å². The Balaban J connectivity index is 2.40. The predicted octanol–water partition coefficient (Wildman–Crippen LogP) is 4.30. The van der Waals surface area contributed by atoms with E-state index in [2.05, 4.69) is 6.07 Å². The molecule has 0 aliphatic rings. The van der Waals surface area contributed by atoms with Crippen LogP contribution >= 0.6 is 0 Å². The lowest BCUT2D eigenvalue weighted by atomic mass is 10.0. The first-order valence-corrected chi connectivity index (χ1v) is 6.86. The Morgan fingerprint density at radius 2 is 2.05 bits per heavy atom. The number of benzene rings is 2. The van der Waals surface area contributed by atoms with Crippen LogP contribution in [0, 0.1) is 17.1 Å². The van der Waals surface area contributed by atoms with Crippen LogP contribution in [0.3, 0.4) is 0 Å². The summed E-state index contributed by atoms with van der Waals surface area (Å²) in [5.74, 6) is 0.862. The summed E-state index contributed by atoms with van der Waals surface area (Å²) in [7, 11) is 1.56. The highest BCUT2D eigenvalue weighted by molar-refractivity contribution is 5.89. The third kappa shape index (κ3) is 3.64. The summed E-state index contributed by atoms with van der Waals surface area (Å²) in [5, 5.41) is 9.30. The Kier molecular flexibility index (Phi) is 5.16. The molecule has 2 aromatic carbocycles. The molecule has 0 spiro atoms. The van der Waals surface area contributed by atoms with E-state index in [1.165, 1.54) is 12.1 Å². The van der Waals surface area contributed by atoms with Crippen molar-refractivity contribution < 1.29 is 13.9 Å². The zero-order valence-electron chi connectivity index (χ0n) is 12.5. The minimum absolute atomic E-state index is 0.372. The molecule has 22 heavy (non-hydrogen) atoms. The van der Waals surface area contributed by atoms with Crippen molar-refractivity contribution in [2.75, 3.05) is 13.7 Å². The van der Waals surface area contributed by atoms with Crippen molar-refractivity contribution in [2.24, 2.45) is 0 Å². The van der Waals surface area contributed by atoms with E-state index in [9.17, 15) is 9.65 Å². The van der Waals surface area contributed by atoms with Crippen LogP contribution in [0.15, 0.2) is 42.5 Å². The van der Waals surface area contributed by atoms with Crippen LogP contribution in [0.2, 0.25) is 0 Å². The predicted molar refractivity (Wildman–Crippen MR) is 84.0 cm³/mol. The fourth-order valence-electron chi connectivity index (χ4n) is 2.05. The Morgan fingerprint density at radius 3 is 2.68 bits per heavy atom. The number of hydrogen-bond donors (Lipinski definition) is 0. The summed E-state index contributed by atoms with van der Waals surface area (Å²) < 4.78 is 24.0. The van der Waals surface area contributed by atoms with Gasteiger partial charge in [-0.1, -0.05) is 18.2 Å². The first kappa shape index (κ1) is 15.6. The molecule has 2 rings (SSSR count). The Bertz CT molecular complexity index is 732. The van der Waals surface area contributed by atoms with E-state index in [1.807, 2.05) is 13.0 Å². The quantitative estimate of drug-likeness (QED) is 0.610. The van der Waals surface area contributed by atoms with Gasteiger partial charge < -0.3 is 9.47 Å². The number of allylic oxidation sites excluding steroid dienone is 1. The highest BCUT2D eigenvalue weighted by Gasteiger charge is 2.06. The van der Waals surface area contributed by atoms with Crippen molar-refractivity contribution >= 4 is 11.6 Å². The molecule has 0 unspecified atom stereocenters. The van der Waals surface area contributed by atoms with Crippen molar-refractivity contribution in [1.82, 2.24) is 0 Å². The van der Waals surface area contributed by atoms with Crippen molar-refractivity contribution in [1.29, 1.82) is 5.26 Å². The summed E-state index contributed by atoms with van der Waals surface area (Å²) in [6, 6.07) is 13.4. The van der Waals surface area contributed by atoms with Crippen LogP contribution < -0.4 is 9.47 Å². The first-order valence-electron chi connectivity index (χ1n) is 6.86. The summed E-state index contributed by atoms with van der Waals surface area (Å²) in [5.41, 5.74) is 1.70. The molecule has 0 aliphatic heterocycles. The van der Waals surface area contributed by atoms with E-state index in [4.69, 9.17) is 9.47 Å². The maximum absolute atomic E-state index is 13.3. The molecule has 3 nitrogen and oxygen atoms in total. The monoisotopic (exact) mass is 297 g/mol. The molecule has 0 heterocycles. The molecule has 2 aromatic rings. The molecule has 0 atom stereocenters. The van der Waals surface area contributed by atoms with Crippen LogP contribution in [0.4, 0.5) is 4.39 Å². The van der Waals surface area contributed by atoms with Gasteiger partial charge in [0.1, 0.15) is 5.82 Å². The number of nitriles is 1. The van der Waals surface area contributed by atoms with Crippen LogP contribution in [0.5, 0.6) is 11.5 Å². The molecule has 0 saturated heterocycles. The number of nitrogens with zero attached hydrogens (tertiary/aromatic N) is 1. The van der Waals surface area contributed by atoms with Crippen LogP contribution in [-0.2, 0) is 0 Å². The Labute approximate surface area is 129 Å². The van der Waals surface area contributed by atoms with Crippen LogP contribution in [-0.4, -0.2) is 13.7 Å². The summed E-state index contributed by atoms with van der Waals surface area (Å²) in [6.45, 7) is 2.43. The first-order chi connectivity index (χ1) is 10.7. The van der Waals surface area contributed by atoms with Crippen molar-refractivity contribution in [3.63, 3.8) is 0 Å². The average molecular weight is 297 g/mol. The van der Waals surface area contributed by atoms with Crippen molar-refractivity contribution in [3.05, 3.63) is 59.4 Å². The second kappa shape index (κ2) is 7.28. The van der Waals surface area contributed by atoms with Gasteiger partial charge in [0, 0.05) is 0 Å². The van der Waals surface area contributed by atoms with Gasteiger partial charge in [0.2, 0.25) is 0 Å². The molecule has 0 fully saturated rings. The zero-order chi connectivity index (χ0) is 15.9. The number of ether oxygens (including phenoxy) is 2. The molecule has 0 bridgehead atoms. The molecule has 0 aliphatic carbocycles. The van der Waals surface area contributed by atoms with Crippen LogP contribution in [0.1, 0.15) is 18.1 Å². The minimum atomic E-state index is -0.372. The van der Waals surface area contributed by atoms with Gasteiger partial charge in [0.25, 0.3) is 0 Å². The maximum atomic E-state index is 13.3. The topological polar surface area (TPSA) is 42.2 Å². The Hall–Kier alpha value is -2.80. The normalized spacial score (nSPS) is 10.9. The summed E-state index contributed by atoms with van der Waals surface area (Å²) >= 11 is 0. The summed E-state index contributed by atoms with van der Waals surface area (Å²) in [6.07, 6.45) is 1.69. The molecule has 0 N–H and O–H groups in total. The molecule has 0 saturated carbocycles. The third-order valence-electron chi connectivity index (χ3n) is 3.05. The highest BCUT2D eigenvalue weighted by atomic mass is 19.1. The minimum Gasteiger partial charge on any atom is -0.493 e. The Morgan fingerprint density at radius 1 is 1.23 bits per heavy atom. The largest absolute Gasteiger partial charge is 0.493 e. The van der Waals surface area contributed by atoms with Gasteiger partial charge in [-0.2, -0.15) is 5.26 Å². The third-order valence-corrected chi connectivity index (χ3v) is 3.05. The van der Waals surface area contributed by atoms with E-state index >= 15 is 0 Å². The zero-order valence-corrected chi connectivity index (χ0v) is 12.5. The lowest BCUT2D eigenvalue weighted by molar-refractivity contribution is 0.311. The molecular formula is C18H16FNO2. The molecule has 112 valence electrons. The van der Waals surface area contributed by atoms with Gasteiger partial charge in [-0.25, -0.2) is 4.39 Å². The summed E-state index contributed by atoms with van der Waals surface area (Å²) in [4.78, 5) is 0. The smallest absolute Gasteiger partial charge is 0.161 e. The number of halogens is 1. The van der Waals surface area contributed by atoms with Gasteiger partial charge in [0.15, 0.2) is 11.5 Å². The van der Waals surface area contributed by atoms with Crippen LogP contribution in [0.25, 0.3) is 11.6 Å². The SMILES string of the molecule is CCOc1ccc(/C=C(/C#N)c2cccc(F)c2)cc1OC. The average Bonchev–Trinajstić information content (AvgIpc) is 2.54. The molecule has 0 aromatic heterocycles. The lowest BCUT2D eigenvalue weighted by Crippen LogP contribution is -1.95. The van der Waals surface area contributed by atoms with Gasteiger partial charge in [-0.15, -0.1) is 0 Å². The number of hydrogen-bond acceptors (Lipinski definition) is 3. The van der Waals surface area contributed by atoms with E-state index in [0.29, 0.717) is 29.2 Å². The number of rotatable bonds is 5. The fourth-order valence-corrected chi connectivity index (χ4v) is 2.05. The molecule has 0 radical (unpaired) electrons.